The van der Waals surface area contributed by atoms with Crippen LogP contribution in [-0.2, 0) is 16.3 Å². The molecule has 0 aliphatic carbocycles. The molecule has 2 unspecified atom stereocenters. The molecule has 2 aromatic heterocycles. The normalized spacial score (nSPS) is 18.6. The first-order valence-electron chi connectivity index (χ1n) is 11.5. The summed E-state index contributed by atoms with van der Waals surface area (Å²) < 4.78 is 30.9. The lowest BCUT2D eigenvalue weighted by atomic mass is 10.0. The number of aromatic nitrogens is 3. The Morgan fingerprint density at radius 3 is 2.41 bits per heavy atom. The van der Waals surface area contributed by atoms with Crippen LogP contribution in [0.5, 0.6) is 5.75 Å². The first-order chi connectivity index (χ1) is 16.2. The van der Waals surface area contributed by atoms with E-state index in [1.165, 1.54) is 22.8 Å². The minimum absolute atomic E-state index is 0.00471. The second-order valence-corrected chi connectivity index (χ2v) is 10.8. The van der Waals surface area contributed by atoms with E-state index in [1.807, 2.05) is 12.4 Å². The van der Waals surface area contributed by atoms with Crippen LogP contribution in [-0.4, -0.2) is 47.9 Å². The third kappa shape index (κ3) is 5.47. The zero-order valence-corrected chi connectivity index (χ0v) is 20.5. The van der Waals surface area contributed by atoms with Crippen molar-refractivity contribution in [2.24, 2.45) is 0 Å². The van der Waals surface area contributed by atoms with Crippen molar-refractivity contribution in [3.05, 3.63) is 70.9 Å². The van der Waals surface area contributed by atoms with Gasteiger partial charge in [0.25, 0.3) is 5.56 Å². The molecule has 0 amide bonds. The fourth-order valence-corrected chi connectivity index (χ4v) is 4.87. The Bertz CT molecular complexity index is 1290. The van der Waals surface area contributed by atoms with Crippen molar-refractivity contribution in [1.29, 1.82) is 0 Å². The molecule has 1 aliphatic heterocycles. The Balaban J connectivity index is 1.40. The average Bonchev–Trinajstić information content (AvgIpc) is 2.80. The van der Waals surface area contributed by atoms with Gasteiger partial charge in [-0.1, -0.05) is 13.3 Å². The average molecular weight is 483 g/mol. The SMILES string of the molecule is CCCc1cnc(N2CCC(Oc3ccn(-c4ccc(S(C)(=O)=O)cc4)c(=O)c3)CC2C)nc1. The summed E-state index contributed by atoms with van der Waals surface area (Å²) >= 11 is 0. The molecular weight excluding hydrogens is 452 g/mol. The molecule has 0 radical (unpaired) electrons. The second kappa shape index (κ2) is 9.97. The number of hydrogen-bond donors (Lipinski definition) is 0. The van der Waals surface area contributed by atoms with Crippen LogP contribution in [0, 0.1) is 0 Å². The summed E-state index contributed by atoms with van der Waals surface area (Å²) in [5.74, 6) is 1.27. The van der Waals surface area contributed by atoms with E-state index in [9.17, 15) is 13.2 Å². The molecule has 4 rings (SSSR count). The molecule has 1 aromatic carbocycles. The standard InChI is InChI=1S/C25H30N4O4S/c1-4-5-19-16-26-25(27-17-19)28-12-10-21(14-18(28)2)33-22-11-13-29(24(30)15-22)20-6-8-23(9-7-20)34(3,31)32/h6-9,11,13,15-18,21H,4-5,10,12,14H2,1-3H3. The summed E-state index contributed by atoms with van der Waals surface area (Å²) in [4.78, 5) is 24.2. The van der Waals surface area contributed by atoms with E-state index in [0.29, 0.717) is 11.4 Å². The van der Waals surface area contributed by atoms with Gasteiger partial charge in [0.2, 0.25) is 5.95 Å². The molecule has 9 heteroatoms. The van der Waals surface area contributed by atoms with E-state index in [4.69, 9.17) is 4.74 Å². The van der Waals surface area contributed by atoms with Gasteiger partial charge in [-0.05, 0) is 49.2 Å². The number of rotatable bonds is 7. The first-order valence-corrected chi connectivity index (χ1v) is 13.4. The maximum absolute atomic E-state index is 12.7. The van der Waals surface area contributed by atoms with Gasteiger partial charge in [0.05, 0.1) is 4.90 Å². The molecule has 3 heterocycles. The lowest BCUT2D eigenvalue weighted by Crippen LogP contribution is -2.45. The highest BCUT2D eigenvalue weighted by atomic mass is 32.2. The monoisotopic (exact) mass is 482 g/mol. The maximum Gasteiger partial charge on any atom is 0.258 e. The van der Waals surface area contributed by atoms with Gasteiger partial charge in [-0.2, -0.15) is 0 Å². The Hall–Kier alpha value is -3.20. The quantitative estimate of drug-likeness (QED) is 0.509. The zero-order chi connectivity index (χ0) is 24.3. The fraction of sp³-hybridized carbons (Fsp3) is 0.400. The number of ether oxygens (including phenoxy) is 1. The molecule has 1 aliphatic rings. The number of sulfone groups is 1. The highest BCUT2D eigenvalue weighted by Gasteiger charge is 2.28. The molecule has 8 nitrogen and oxygen atoms in total. The number of benzene rings is 1. The van der Waals surface area contributed by atoms with Crippen LogP contribution < -0.4 is 15.2 Å². The van der Waals surface area contributed by atoms with E-state index >= 15 is 0 Å². The Kier molecular flexibility index (Phi) is 7.02. The Morgan fingerprint density at radius 2 is 1.82 bits per heavy atom. The van der Waals surface area contributed by atoms with Crippen molar-refractivity contribution < 1.29 is 13.2 Å². The predicted octanol–water partition coefficient (Wildman–Crippen LogP) is 3.42. The van der Waals surface area contributed by atoms with Crippen LogP contribution in [0.2, 0.25) is 0 Å². The number of aryl methyl sites for hydroxylation is 1. The van der Waals surface area contributed by atoms with Crippen molar-refractivity contribution in [1.82, 2.24) is 14.5 Å². The van der Waals surface area contributed by atoms with Gasteiger partial charge in [0.15, 0.2) is 9.84 Å². The molecule has 0 spiro atoms. The summed E-state index contributed by atoms with van der Waals surface area (Å²) in [5.41, 5.74) is 1.50. The first kappa shape index (κ1) is 23.9. The van der Waals surface area contributed by atoms with Gasteiger partial charge < -0.3 is 9.64 Å². The third-order valence-electron chi connectivity index (χ3n) is 6.05. The van der Waals surface area contributed by atoms with Gasteiger partial charge in [-0.25, -0.2) is 18.4 Å². The Labute approximate surface area is 200 Å². The molecule has 2 atom stereocenters. The van der Waals surface area contributed by atoms with Crippen LogP contribution in [0.3, 0.4) is 0 Å². The van der Waals surface area contributed by atoms with E-state index < -0.39 is 9.84 Å². The molecule has 1 saturated heterocycles. The number of pyridine rings is 1. The van der Waals surface area contributed by atoms with E-state index in [2.05, 4.69) is 28.7 Å². The molecule has 0 saturated carbocycles. The van der Waals surface area contributed by atoms with Crippen LogP contribution in [0.4, 0.5) is 5.95 Å². The van der Waals surface area contributed by atoms with Crippen LogP contribution in [0.25, 0.3) is 5.69 Å². The highest BCUT2D eigenvalue weighted by Crippen LogP contribution is 2.25. The van der Waals surface area contributed by atoms with Crippen molar-refractivity contribution in [2.75, 3.05) is 17.7 Å². The van der Waals surface area contributed by atoms with Crippen LogP contribution in [0.1, 0.15) is 38.7 Å². The molecular formula is C25H30N4O4S. The molecule has 34 heavy (non-hydrogen) atoms. The summed E-state index contributed by atoms with van der Waals surface area (Å²) in [6.07, 6.45) is 10.3. The summed E-state index contributed by atoms with van der Waals surface area (Å²) in [6, 6.07) is 9.68. The van der Waals surface area contributed by atoms with Gasteiger partial charge in [0, 0.05) is 62.0 Å². The van der Waals surface area contributed by atoms with Crippen LogP contribution >= 0.6 is 0 Å². The van der Waals surface area contributed by atoms with Crippen molar-refractivity contribution in [2.45, 2.75) is 56.6 Å². The van der Waals surface area contributed by atoms with Gasteiger partial charge >= 0.3 is 0 Å². The highest BCUT2D eigenvalue weighted by molar-refractivity contribution is 7.90. The molecule has 3 aromatic rings. The number of piperidine rings is 1. The minimum atomic E-state index is -3.28. The van der Waals surface area contributed by atoms with E-state index in [-0.39, 0.29) is 22.6 Å². The van der Waals surface area contributed by atoms with Gasteiger partial charge in [-0.3, -0.25) is 9.36 Å². The predicted molar refractivity (Wildman–Crippen MR) is 132 cm³/mol. The number of nitrogens with zero attached hydrogens (tertiary/aromatic N) is 4. The van der Waals surface area contributed by atoms with Crippen molar-refractivity contribution in [3.8, 4) is 11.4 Å². The summed E-state index contributed by atoms with van der Waals surface area (Å²) in [6.45, 7) is 5.06. The van der Waals surface area contributed by atoms with Crippen molar-refractivity contribution in [3.63, 3.8) is 0 Å². The molecule has 180 valence electrons. The van der Waals surface area contributed by atoms with Crippen molar-refractivity contribution >= 4 is 15.8 Å². The summed E-state index contributed by atoms with van der Waals surface area (Å²) in [7, 11) is -3.28. The maximum atomic E-state index is 12.7. The minimum Gasteiger partial charge on any atom is -0.490 e. The lowest BCUT2D eigenvalue weighted by Gasteiger charge is -2.37. The second-order valence-electron chi connectivity index (χ2n) is 8.78. The van der Waals surface area contributed by atoms with Gasteiger partial charge in [-0.15, -0.1) is 0 Å². The molecule has 1 fully saturated rings. The molecule has 0 bridgehead atoms. The smallest absolute Gasteiger partial charge is 0.258 e. The number of anilines is 1. The Morgan fingerprint density at radius 1 is 1.12 bits per heavy atom. The largest absolute Gasteiger partial charge is 0.490 e. The van der Waals surface area contributed by atoms with Gasteiger partial charge in [0.1, 0.15) is 11.9 Å². The molecule has 0 N–H and O–H groups in total. The lowest BCUT2D eigenvalue weighted by molar-refractivity contribution is 0.155. The summed E-state index contributed by atoms with van der Waals surface area (Å²) in [5, 5.41) is 0. The number of hydrogen-bond acceptors (Lipinski definition) is 7. The zero-order valence-electron chi connectivity index (χ0n) is 19.7. The van der Waals surface area contributed by atoms with E-state index in [0.717, 1.165) is 50.0 Å². The van der Waals surface area contributed by atoms with Crippen LogP contribution in [0.15, 0.2) is 64.7 Å². The fourth-order valence-electron chi connectivity index (χ4n) is 4.24. The van der Waals surface area contributed by atoms with E-state index in [1.54, 1.807) is 24.4 Å². The topological polar surface area (TPSA) is 94.4 Å². The third-order valence-corrected chi connectivity index (χ3v) is 7.18.